The molecule has 1 atom stereocenters. The molecule has 1 fully saturated rings. The molecule has 0 aromatic carbocycles. The third-order valence-electron chi connectivity index (χ3n) is 3.61. The van der Waals surface area contributed by atoms with Crippen LogP contribution in [-0.2, 0) is 11.3 Å². The number of aromatic nitrogens is 2. The first-order chi connectivity index (χ1) is 9.52. The number of likely N-dealkylation sites (N-methyl/N-ethyl adjacent to an activating group) is 2. The monoisotopic (exact) mass is 344 g/mol. The Morgan fingerprint density at radius 3 is 2.90 bits per heavy atom. The van der Waals surface area contributed by atoms with Crippen LogP contribution in [0.3, 0.4) is 0 Å². The molecule has 0 spiro atoms. The first-order valence-corrected chi connectivity index (χ1v) is 7.48. The normalized spacial score (nSPS) is 21.9. The molecule has 6 nitrogen and oxygen atoms in total. The lowest BCUT2D eigenvalue weighted by molar-refractivity contribution is 0.178. The SMILES string of the molecule is COCc1nc(C2CN(C)CCCN2C)[nH]c(=O)c1Br. The summed E-state index contributed by atoms with van der Waals surface area (Å²) in [6.45, 7) is 3.23. The quantitative estimate of drug-likeness (QED) is 0.885. The maximum Gasteiger partial charge on any atom is 0.265 e. The second-order valence-corrected chi connectivity index (χ2v) is 6.05. The molecule has 20 heavy (non-hydrogen) atoms. The fourth-order valence-electron chi connectivity index (χ4n) is 2.48. The Bertz CT molecular complexity index is 520. The van der Waals surface area contributed by atoms with Crippen LogP contribution in [0, 0.1) is 0 Å². The van der Waals surface area contributed by atoms with Crippen LogP contribution in [-0.4, -0.2) is 60.6 Å². The Kier molecular flexibility index (Phi) is 5.31. The summed E-state index contributed by atoms with van der Waals surface area (Å²) in [5, 5.41) is 0. The van der Waals surface area contributed by atoms with E-state index in [4.69, 9.17) is 4.74 Å². The number of aromatic amines is 1. The lowest BCUT2D eigenvalue weighted by Gasteiger charge is -2.26. The Morgan fingerprint density at radius 2 is 2.20 bits per heavy atom. The van der Waals surface area contributed by atoms with E-state index in [0.717, 1.165) is 26.1 Å². The standard InChI is InChI=1S/C13H21BrN4O2/c1-17-5-4-6-18(2)10(7-17)12-15-9(8-20-3)11(14)13(19)16-12/h10H,4-8H2,1-3H3,(H,15,16,19). The van der Waals surface area contributed by atoms with Crippen LogP contribution in [0.4, 0.5) is 0 Å². The molecule has 112 valence electrons. The maximum atomic E-state index is 12.0. The molecule has 1 saturated heterocycles. The largest absolute Gasteiger partial charge is 0.378 e. The number of H-pyrrole nitrogens is 1. The van der Waals surface area contributed by atoms with Gasteiger partial charge in [0.2, 0.25) is 0 Å². The van der Waals surface area contributed by atoms with Crippen LogP contribution < -0.4 is 5.56 Å². The molecule has 1 aromatic heterocycles. The van der Waals surface area contributed by atoms with Gasteiger partial charge < -0.3 is 14.6 Å². The highest BCUT2D eigenvalue weighted by molar-refractivity contribution is 9.10. The number of halogens is 1. The van der Waals surface area contributed by atoms with Gasteiger partial charge in [-0.2, -0.15) is 0 Å². The third-order valence-corrected chi connectivity index (χ3v) is 4.43. The van der Waals surface area contributed by atoms with E-state index in [0.29, 0.717) is 22.6 Å². The molecule has 0 amide bonds. The van der Waals surface area contributed by atoms with Gasteiger partial charge in [-0.05, 0) is 49.5 Å². The summed E-state index contributed by atoms with van der Waals surface area (Å²) in [6.07, 6.45) is 1.12. The van der Waals surface area contributed by atoms with Crippen molar-refractivity contribution in [2.45, 2.75) is 19.1 Å². The summed E-state index contributed by atoms with van der Waals surface area (Å²) in [4.78, 5) is 24.0. The molecule has 0 saturated carbocycles. The van der Waals surface area contributed by atoms with E-state index in [9.17, 15) is 4.79 Å². The van der Waals surface area contributed by atoms with Gasteiger partial charge in [0.1, 0.15) is 10.3 Å². The van der Waals surface area contributed by atoms with Gasteiger partial charge in [-0.1, -0.05) is 0 Å². The number of hydrogen-bond acceptors (Lipinski definition) is 5. The van der Waals surface area contributed by atoms with E-state index >= 15 is 0 Å². The highest BCUT2D eigenvalue weighted by Crippen LogP contribution is 2.21. The second-order valence-electron chi connectivity index (χ2n) is 5.26. The Morgan fingerprint density at radius 1 is 1.45 bits per heavy atom. The van der Waals surface area contributed by atoms with Crippen molar-refractivity contribution in [3.8, 4) is 0 Å². The van der Waals surface area contributed by atoms with Gasteiger partial charge in [0.15, 0.2) is 0 Å². The highest BCUT2D eigenvalue weighted by Gasteiger charge is 2.25. The van der Waals surface area contributed by atoms with Gasteiger partial charge in [-0.25, -0.2) is 4.98 Å². The van der Waals surface area contributed by atoms with E-state index in [1.54, 1.807) is 7.11 Å². The van der Waals surface area contributed by atoms with Crippen molar-refractivity contribution in [2.24, 2.45) is 0 Å². The number of methoxy groups -OCH3 is 1. The topological polar surface area (TPSA) is 61.5 Å². The summed E-state index contributed by atoms with van der Waals surface area (Å²) in [5.41, 5.74) is 0.494. The minimum atomic E-state index is -0.151. The lowest BCUT2D eigenvalue weighted by atomic mass is 10.2. The van der Waals surface area contributed by atoms with Crippen LogP contribution in [0.15, 0.2) is 9.27 Å². The van der Waals surface area contributed by atoms with Crippen LogP contribution in [0.2, 0.25) is 0 Å². The molecule has 0 bridgehead atoms. The maximum absolute atomic E-state index is 12.0. The van der Waals surface area contributed by atoms with E-state index in [2.05, 4.69) is 49.8 Å². The van der Waals surface area contributed by atoms with Crippen molar-refractivity contribution < 1.29 is 4.74 Å². The molecule has 1 aliphatic rings. The zero-order chi connectivity index (χ0) is 14.7. The lowest BCUT2D eigenvalue weighted by Crippen LogP contribution is -2.33. The molecule has 2 rings (SSSR count). The molecule has 1 aromatic rings. The summed E-state index contributed by atoms with van der Waals surface area (Å²) < 4.78 is 5.56. The van der Waals surface area contributed by atoms with Gasteiger partial charge in [-0.3, -0.25) is 9.69 Å². The number of hydrogen-bond donors (Lipinski definition) is 1. The van der Waals surface area contributed by atoms with Crippen molar-refractivity contribution in [1.82, 2.24) is 19.8 Å². The molecule has 0 radical (unpaired) electrons. The zero-order valence-electron chi connectivity index (χ0n) is 12.1. The molecule has 1 unspecified atom stereocenters. The van der Waals surface area contributed by atoms with Crippen LogP contribution >= 0.6 is 15.9 Å². The third kappa shape index (κ3) is 3.46. The van der Waals surface area contributed by atoms with E-state index in [-0.39, 0.29) is 11.6 Å². The van der Waals surface area contributed by atoms with E-state index < -0.39 is 0 Å². The first kappa shape index (κ1) is 15.6. The van der Waals surface area contributed by atoms with Crippen LogP contribution in [0.1, 0.15) is 24.0 Å². The van der Waals surface area contributed by atoms with Gasteiger partial charge >= 0.3 is 0 Å². The van der Waals surface area contributed by atoms with Crippen molar-refractivity contribution in [3.63, 3.8) is 0 Å². The number of rotatable bonds is 3. The van der Waals surface area contributed by atoms with Gasteiger partial charge in [0.05, 0.1) is 18.3 Å². The smallest absolute Gasteiger partial charge is 0.265 e. The molecule has 1 aliphatic heterocycles. The minimum Gasteiger partial charge on any atom is -0.378 e. The summed E-state index contributed by atoms with van der Waals surface area (Å²) in [7, 11) is 5.77. The fourth-order valence-corrected chi connectivity index (χ4v) is 2.78. The second kappa shape index (κ2) is 6.80. The molecule has 7 heteroatoms. The molecular weight excluding hydrogens is 324 g/mol. The summed E-state index contributed by atoms with van der Waals surface area (Å²) in [6, 6.07) is 0.0962. The average Bonchev–Trinajstić information content (AvgIpc) is 2.57. The van der Waals surface area contributed by atoms with Gasteiger partial charge in [0, 0.05) is 13.7 Å². The van der Waals surface area contributed by atoms with Crippen molar-refractivity contribution >= 4 is 15.9 Å². The summed E-state index contributed by atoms with van der Waals surface area (Å²) in [5.74, 6) is 0.710. The van der Waals surface area contributed by atoms with Gasteiger partial charge in [0.25, 0.3) is 5.56 Å². The number of nitrogens with zero attached hydrogens (tertiary/aromatic N) is 3. The van der Waals surface area contributed by atoms with Crippen LogP contribution in [0.25, 0.3) is 0 Å². The number of ether oxygens (including phenoxy) is 1. The summed E-state index contributed by atoms with van der Waals surface area (Å²) >= 11 is 3.27. The first-order valence-electron chi connectivity index (χ1n) is 6.69. The van der Waals surface area contributed by atoms with Crippen molar-refractivity contribution in [3.05, 3.63) is 26.3 Å². The zero-order valence-corrected chi connectivity index (χ0v) is 13.7. The molecule has 1 N–H and O–H groups in total. The molecule has 0 aliphatic carbocycles. The van der Waals surface area contributed by atoms with E-state index in [1.165, 1.54) is 0 Å². The highest BCUT2D eigenvalue weighted by atomic mass is 79.9. The Balaban J connectivity index is 2.37. The minimum absolute atomic E-state index is 0.0962. The predicted octanol–water partition coefficient (Wildman–Crippen LogP) is 0.987. The van der Waals surface area contributed by atoms with E-state index in [1.807, 2.05) is 0 Å². The Hall–Kier alpha value is -0.760. The van der Waals surface area contributed by atoms with Crippen molar-refractivity contribution in [1.29, 1.82) is 0 Å². The average molecular weight is 345 g/mol. The fraction of sp³-hybridized carbons (Fsp3) is 0.692. The van der Waals surface area contributed by atoms with Crippen molar-refractivity contribution in [2.75, 3.05) is 40.8 Å². The number of nitrogens with one attached hydrogen (secondary N) is 1. The molecular formula is C13H21BrN4O2. The molecule has 2 heterocycles. The van der Waals surface area contributed by atoms with Gasteiger partial charge in [-0.15, -0.1) is 0 Å². The predicted molar refractivity (Wildman–Crippen MR) is 80.8 cm³/mol. The Labute approximate surface area is 127 Å². The van der Waals surface area contributed by atoms with Crippen LogP contribution in [0.5, 0.6) is 0 Å².